The van der Waals surface area contributed by atoms with Gasteiger partial charge in [0.25, 0.3) is 0 Å². The van der Waals surface area contributed by atoms with Crippen LogP contribution in [0.3, 0.4) is 0 Å². The molecule has 0 amide bonds. The summed E-state index contributed by atoms with van der Waals surface area (Å²) in [5.41, 5.74) is 3.81. The van der Waals surface area contributed by atoms with Gasteiger partial charge in [-0.2, -0.15) is 5.10 Å². The van der Waals surface area contributed by atoms with Crippen LogP contribution in [0.4, 0.5) is 0 Å². The van der Waals surface area contributed by atoms with Crippen molar-refractivity contribution in [3.05, 3.63) is 17.0 Å². The predicted molar refractivity (Wildman–Crippen MR) is 72.7 cm³/mol. The smallest absolute Gasteiger partial charge is 0.0644 e. The number of hydrogen-bond acceptors (Lipinski definition) is 3. The highest BCUT2D eigenvalue weighted by molar-refractivity contribution is 5.27. The molecule has 1 aliphatic heterocycles. The molecule has 0 aromatic carbocycles. The minimum absolute atomic E-state index is 0.369. The molecule has 1 atom stereocenters. The van der Waals surface area contributed by atoms with Crippen LogP contribution in [-0.2, 0) is 11.3 Å². The van der Waals surface area contributed by atoms with E-state index in [9.17, 15) is 0 Å². The summed E-state index contributed by atoms with van der Waals surface area (Å²) >= 11 is 0. The zero-order chi connectivity index (χ0) is 13.1. The molecule has 0 bridgehead atoms. The standard InChI is InChI=1S/C14H25N3O/c1-10(15-4)14-11(2)16-17(12(14)3)9-13-5-7-18-8-6-13/h10,13,15H,5-9H2,1-4H3. The number of ether oxygens (including phenoxy) is 1. The van der Waals surface area contributed by atoms with E-state index in [0.717, 1.165) is 44.2 Å². The van der Waals surface area contributed by atoms with Gasteiger partial charge in [0, 0.05) is 37.1 Å². The first-order chi connectivity index (χ1) is 8.63. The average molecular weight is 251 g/mol. The third-order valence-electron chi connectivity index (χ3n) is 4.08. The molecule has 0 spiro atoms. The summed E-state index contributed by atoms with van der Waals surface area (Å²) in [6.45, 7) is 9.33. The van der Waals surface area contributed by atoms with E-state index in [1.165, 1.54) is 11.3 Å². The van der Waals surface area contributed by atoms with Crippen molar-refractivity contribution in [1.82, 2.24) is 15.1 Å². The van der Waals surface area contributed by atoms with Crippen LogP contribution in [0, 0.1) is 19.8 Å². The minimum Gasteiger partial charge on any atom is -0.381 e. The van der Waals surface area contributed by atoms with E-state index in [2.05, 4.69) is 30.8 Å². The molecule has 1 aromatic rings. The Kier molecular flexibility index (Phi) is 4.40. The molecule has 2 heterocycles. The van der Waals surface area contributed by atoms with E-state index in [0.29, 0.717) is 6.04 Å². The van der Waals surface area contributed by atoms with E-state index in [4.69, 9.17) is 9.84 Å². The number of nitrogens with one attached hydrogen (secondary N) is 1. The molecule has 1 saturated heterocycles. The molecule has 1 aliphatic rings. The monoisotopic (exact) mass is 251 g/mol. The van der Waals surface area contributed by atoms with Gasteiger partial charge in [0.15, 0.2) is 0 Å². The molecule has 1 fully saturated rings. The third-order valence-corrected chi connectivity index (χ3v) is 4.08. The Morgan fingerprint density at radius 2 is 2.06 bits per heavy atom. The molecule has 4 nitrogen and oxygen atoms in total. The lowest BCUT2D eigenvalue weighted by molar-refractivity contribution is 0.0599. The molecule has 1 N–H and O–H groups in total. The highest BCUT2D eigenvalue weighted by Gasteiger charge is 2.20. The van der Waals surface area contributed by atoms with Crippen molar-refractivity contribution in [2.75, 3.05) is 20.3 Å². The number of hydrogen-bond donors (Lipinski definition) is 1. The van der Waals surface area contributed by atoms with E-state index in [1.807, 2.05) is 7.05 Å². The quantitative estimate of drug-likeness (QED) is 0.891. The van der Waals surface area contributed by atoms with E-state index < -0.39 is 0 Å². The van der Waals surface area contributed by atoms with Crippen LogP contribution in [0.1, 0.15) is 42.8 Å². The Labute approximate surface area is 110 Å². The summed E-state index contributed by atoms with van der Waals surface area (Å²) in [7, 11) is 2.00. The number of rotatable bonds is 4. The summed E-state index contributed by atoms with van der Waals surface area (Å²) in [6.07, 6.45) is 2.32. The van der Waals surface area contributed by atoms with E-state index in [1.54, 1.807) is 0 Å². The lowest BCUT2D eigenvalue weighted by atomic mass is 10.0. The van der Waals surface area contributed by atoms with Gasteiger partial charge in [-0.1, -0.05) is 0 Å². The van der Waals surface area contributed by atoms with Crippen molar-refractivity contribution >= 4 is 0 Å². The summed E-state index contributed by atoms with van der Waals surface area (Å²) in [5, 5.41) is 8.02. The maximum atomic E-state index is 5.41. The molecule has 2 rings (SSSR count). The maximum absolute atomic E-state index is 5.41. The molecular formula is C14H25N3O. The van der Waals surface area contributed by atoms with Crippen LogP contribution < -0.4 is 5.32 Å². The van der Waals surface area contributed by atoms with Crippen LogP contribution >= 0.6 is 0 Å². The summed E-state index contributed by atoms with van der Waals surface area (Å²) in [5.74, 6) is 0.717. The second-order valence-corrected chi connectivity index (χ2v) is 5.33. The van der Waals surface area contributed by atoms with Crippen molar-refractivity contribution in [3.63, 3.8) is 0 Å². The van der Waals surface area contributed by atoms with Gasteiger partial charge in [-0.05, 0) is 46.6 Å². The first-order valence-electron chi connectivity index (χ1n) is 6.92. The number of nitrogens with zero attached hydrogens (tertiary/aromatic N) is 2. The first-order valence-corrected chi connectivity index (χ1v) is 6.92. The second kappa shape index (κ2) is 5.85. The lowest BCUT2D eigenvalue weighted by Crippen LogP contribution is -2.21. The molecule has 0 radical (unpaired) electrons. The predicted octanol–water partition coefficient (Wildman–Crippen LogP) is 2.21. The van der Waals surface area contributed by atoms with Gasteiger partial charge in [-0.3, -0.25) is 4.68 Å². The molecule has 1 unspecified atom stereocenters. The number of aryl methyl sites for hydroxylation is 1. The second-order valence-electron chi connectivity index (χ2n) is 5.33. The zero-order valence-electron chi connectivity index (χ0n) is 12.0. The van der Waals surface area contributed by atoms with Crippen molar-refractivity contribution in [3.8, 4) is 0 Å². The fraction of sp³-hybridized carbons (Fsp3) is 0.786. The van der Waals surface area contributed by atoms with Gasteiger partial charge >= 0.3 is 0 Å². The molecular weight excluding hydrogens is 226 g/mol. The van der Waals surface area contributed by atoms with E-state index >= 15 is 0 Å². The fourth-order valence-electron chi connectivity index (χ4n) is 2.83. The molecule has 4 heteroatoms. The maximum Gasteiger partial charge on any atom is 0.0644 e. The zero-order valence-corrected chi connectivity index (χ0v) is 12.0. The van der Waals surface area contributed by atoms with Gasteiger partial charge in [-0.25, -0.2) is 0 Å². The van der Waals surface area contributed by atoms with Gasteiger partial charge in [-0.15, -0.1) is 0 Å². The fourth-order valence-corrected chi connectivity index (χ4v) is 2.83. The summed E-state index contributed by atoms with van der Waals surface area (Å²) in [4.78, 5) is 0. The Balaban J connectivity index is 2.13. The van der Waals surface area contributed by atoms with Crippen LogP contribution in [0.5, 0.6) is 0 Å². The molecule has 18 heavy (non-hydrogen) atoms. The largest absolute Gasteiger partial charge is 0.381 e. The Morgan fingerprint density at radius 1 is 1.39 bits per heavy atom. The SMILES string of the molecule is CNC(C)c1c(C)nn(CC2CCOCC2)c1C. The Hall–Kier alpha value is -0.870. The Bertz CT molecular complexity index is 394. The lowest BCUT2D eigenvalue weighted by Gasteiger charge is -2.22. The summed E-state index contributed by atoms with van der Waals surface area (Å²) < 4.78 is 7.60. The topological polar surface area (TPSA) is 39.1 Å². The van der Waals surface area contributed by atoms with Gasteiger partial charge in [0.05, 0.1) is 5.69 Å². The highest BCUT2D eigenvalue weighted by Crippen LogP contribution is 2.23. The van der Waals surface area contributed by atoms with Crippen LogP contribution in [0.25, 0.3) is 0 Å². The van der Waals surface area contributed by atoms with Crippen LogP contribution in [0.15, 0.2) is 0 Å². The van der Waals surface area contributed by atoms with Crippen molar-refractivity contribution < 1.29 is 4.74 Å². The highest BCUT2D eigenvalue weighted by atomic mass is 16.5. The first kappa shape index (κ1) is 13.6. The normalized spacial score (nSPS) is 19.1. The Morgan fingerprint density at radius 3 is 2.67 bits per heavy atom. The van der Waals surface area contributed by atoms with Crippen molar-refractivity contribution in [2.24, 2.45) is 5.92 Å². The van der Waals surface area contributed by atoms with Gasteiger partial charge in [0.2, 0.25) is 0 Å². The molecule has 102 valence electrons. The average Bonchev–Trinajstić information content (AvgIpc) is 2.65. The summed E-state index contributed by atoms with van der Waals surface area (Å²) in [6, 6.07) is 0.369. The molecule has 1 aromatic heterocycles. The van der Waals surface area contributed by atoms with Crippen LogP contribution in [-0.4, -0.2) is 30.0 Å². The van der Waals surface area contributed by atoms with Crippen molar-refractivity contribution in [2.45, 2.75) is 46.2 Å². The molecule has 0 saturated carbocycles. The van der Waals surface area contributed by atoms with E-state index in [-0.39, 0.29) is 0 Å². The third kappa shape index (κ3) is 2.75. The number of aromatic nitrogens is 2. The minimum atomic E-state index is 0.369. The van der Waals surface area contributed by atoms with Crippen LogP contribution in [0.2, 0.25) is 0 Å². The van der Waals surface area contributed by atoms with Gasteiger partial charge in [0.1, 0.15) is 0 Å². The van der Waals surface area contributed by atoms with Gasteiger partial charge < -0.3 is 10.1 Å². The molecule has 0 aliphatic carbocycles. The van der Waals surface area contributed by atoms with Crippen molar-refractivity contribution in [1.29, 1.82) is 0 Å².